The van der Waals surface area contributed by atoms with E-state index in [0.717, 1.165) is 40.4 Å². The van der Waals surface area contributed by atoms with Crippen LogP contribution in [0.4, 0.5) is 8.78 Å². The summed E-state index contributed by atoms with van der Waals surface area (Å²) >= 11 is 0. The Labute approximate surface area is 246 Å². The smallest absolute Gasteiger partial charge is 0.254 e. The minimum Gasteiger partial charge on any atom is -0.490 e. The largest absolute Gasteiger partial charge is 0.490 e. The van der Waals surface area contributed by atoms with E-state index in [-0.39, 0.29) is 30.9 Å². The molecule has 0 aliphatic heterocycles. The van der Waals surface area contributed by atoms with Gasteiger partial charge >= 0.3 is 0 Å². The Kier molecular flexibility index (Phi) is 8.17. The fourth-order valence-corrected chi connectivity index (χ4v) is 5.78. The van der Waals surface area contributed by atoms with Gasteiger partial charge in [0.1, 0.15) is 36.1 Å². The Morgan fingerprint density at radius 2 is 1.98 bits per heavy atom. The number of nitrogens with one attached hydrogen (secondary N) is 1. The second kappa shape index (κ2) is 12.3. The molecular formula is C32H30F2N4O5. The summed E-state index contributed by atoms with van der Waals surface area (Å²) in [6.07, 6.45) is 4.44. The molecule has 9 nitrogen and oxygen atoms in total. The summed E-state index contributed by atoms with van der Waals surface area (Å²) in [4.78, 5) is 22.4. The van der Waals surface area contributed by atoms with Crippen molar-refractivity contribution in [1.82, 2.24) is 19.9 Å². The zero-order valence-corrected chi connectivity index (χ0v) is 23.4. The van der Waals surface area contributed by atoms with Crippen molar-refractivity contribution < 1.29 is 32.6 Å². The molecule has 0 radical (unpaired) electrons. The van der Waals surface area contributed by atoms with E-state index in [2.05, 4.69) is 14.9 Å². The van der Waals surface area contributed by atoms with Crippen molar-refractivity contribution >= 4 is 16.9 Å². The molecule has 1 saturated carbocycles. The lowest BCUT2D eigenvalue weighted by atomic mass is 9.87. The van der Waals surface area contributed by atoms with Gasteiger partial charge in [-0.1, -0.05) is 12.1 Å². The van der Waals surface area contributed by atoms with Crippen LogP contribution in [0.25, 0.3) is 33.9 Å². The number of aromatic nitrogens is 3. The van der Waals surface area contributed by atoms with Crippen molar-refractivity contribution in [1.29, 1.82) is 0 Å². The number of nitrogens with zero attached hydrogens (tertiary/aromatic N) is 3. The molecule has 3 atom stereocenters. The zero-order chi connectivity index (χ0) is 29.9. The highest BCUT2D eigenvalue weighted by molar-refractivity contribution is 5.94. The second-order valence-corrected chi connectivity index (χ2v) is 10.4. The molecule has 3 aromatic carbocycles. The number of fused-ring (bicyclic) bond motifs is 1. The summed E-state index contributed by atoms with van der Waals surface area (Å²) in [7, 11) is 1.61. The van der Waals surface area contributed by atoms with Gasteiger partial charge in [-0.3, -0.25) is 4.79 Å². The van der Waals surface area contributed by atoms with Crippen LogP contribution in [0.15, 0.2) is 77.5 Å². The maximum Gasteiger partial charge on any atom is 0.254 e. The van der Waals surface area contributed by atoms with Crippen LogP contribution in [0.3, 0.4) is 0 Å². The van der Waals surface area contributed by atoms with Crippen molar-refractivity contribution in [2.45, 2.75) is 37.5 Å². The van der Waals surface area contributed by atoms with E-state index < -0.39 is 23.6 Å². The normalized spacial score (nSPS) is 18.6. The average Bonchev–Trinajstić information content (AvgIpc) is 3.69. The van der Waals surface area contributed by atoms with Crippen molar-refractivity contribution in [3.05, 3.63) is 90.3 Å². The molecule has 0 unspecified atom stereocenters. The number of para-hydroxylation sites is 1. The van der Waals surface area contributed by atoms with Gasteiger partial charge in [0.05, 0.1) is 41.1 Å². The number of carbonyl (C=O) groups is 1. The van der Waals surface area contributed by atoms with Gasteiger partial charge < -0.3 is 28.9 Å². The third kappa shape index (κ3) is 5.86. The van der Waals surface area contributed by atoms with E-state index in [4.69, 9.17) is 18.9 Å². The maximum atomic E-state index is 14.4. The first-order valence-electron chi connectivity index (χ1n) is 14.0. The molecule has 2 heterocycles. The Morgan fingerprint density at radius 1 is 1.12 bits per heavy atom. The first-order valence-corrected chi connectivity index (χ1v) is 14.0. The highest BCUT2D eigenvalue weighted by Gasteiger charge is 2.34. The number of imidazole rings is 1. The number of carbonyl (C=O) groups excluding carboxylic acids is 1. The third-order valence-corrected chi connectivity index (χ3v) is 7.69. The van der Waals surface area contributed by atoms with E-state index >= 15 is 0 Å². The van der Waals surface area contributed by atoms with Gasteiger partial charge in [-0.05, 0) is 67.8 Å². The summed E-state index contributed by atoms with van der Waals surface area (Å²) in [6.45, 7) is -0.0266. The fraction of sp³-hybridized carbons (Fsp3) is 0.281. The first kappa shape index (κ1) is 28.5. The number of aliphatic hydroxyl groups is 1. The van der Waals surface area contributed by atoms with Crippen molar-refractivity contribution in [3.63, 3.8) is 0 Å². The maximum absolute atomic E-state index is 14.4. The van der Waals surface area contributed by atoms with E-state index in [9.17, 15) is 18.7 Å². The van der Waals surface area contributed by atoms with Crippen LogP contribution in [-0.2, 0) is 4.74 Å². The monoisotopic (exact) mass is 588 g/mol. The third-order valence-electron chi connectivity index (χ3n) is 7.69. The number of halogens is 2. The molecule has 1 amide bonds. The number of oxazole rings is 1. The topological polar surface area (TPSA) is 112 Å². The highest BCUT2D eigenvalue weighted by atomic mass is 19.1. The SMILES string of the molecule is CO[C@H]1C[C@H](NC(=O)c2cc(F)ccc2F)C[C@H](n2c(-c3ccccc3OCCO)nc3ccc(-c4ncco4)cc32)C1. The summed E-state index contributed by atoms with van der Waals surface area (Å²) in [5.41, 5.74) is 2.68. The lowest BCUT2D eigenvalue weighted by Crippen LogP contribution is -2.43. The molecule has 6 rings (SSSR count). The lowest BCUT2D eigenvalue weighted by Gasteiger charge is -2.36. The molecule has 43 heavy (non-hydrogen) atoms. The number of benzene rings is 3. The average molecular weight is 589 g/mol. The van der Waals surface area contributed by atoms with Gasteiger partial charge in [0, 0.05) is 24.8 Å². The van der Waals surface area contributed by atoms with Crippen molar-refractivity contribution in [2.75, 3.05) is 20.3 Å². The highest BCUT2D eigenvalue weighted by Crippen LogP contribution is 2.40. The Bertz CT molecular complexity index is 1740. The fourth-order valence-electron chi connectivity index (χ4n) is 5.78. The summed E-state index contributed by atoms with van der Waals surface area (Å²) in [6, 6.07) is 15.4. The number of amides is 1. The van der Waals surface area contributed by atoms with Crippen LogP contribution >= 0.6 is 0 Å². The summed E-state index contributed by atoms with van der Waals surface area (Å²) in [5.74, 6) is -0.523. The lowest BCUT2D eigenvalue weighted by molar-refractivity contribution is 0.0397. The first-order chi connectivity index (χ1) is 20.9. The van der Waals surface area contributed by atoms with Gasteiger partial charge in [0.2, 0.25) is 5.89 Å². The number of methoxy groups -OCH3 is 1. The summed E-state index contributed by atoms with van der Waals surface area (Å²) in [5, 5.41) is 12.3. The quantitative estimate of drug-likeness (QED) is 0.232. The van der Waals surface area contributed by atoms with Gasteiger partial charge in [0.15, 0.2) is 0 Å². The van der Waals surface area contributed by atoms with Crippen molar-refractivity contribution in [2.24, 2.45) is 0 Å². The van der Waals surface area contributed by atoms with E-state index in [0.29, 0.717) is 36.7 Å². The van der Waals surface area contributed by atoms with Crippen LogP contribution < -0.4 is 10.1 Å². The van der Waals surface area contributed by atoms with Crippen LogP contribution in [-0.4, -0.2) is 58.0 Å². The number of aliphatic hydroxyl groups excluding tert-OH is 1. The Hall–Kier alpha value is -4.61. The van der Waals surface area contributed by atoms with Crippen molar-refractivity contribution in [3.8, 4) is 28.6 Å². The van der Waals surface area contributed by atoms with Crippen LogP contribution in [0.5, 0.6) is 5.75 Å². The molecule has 2 aromatic heterocycles. The van der Waals surface area contributed by atoms with E-state index in [1.807, 2.05) is 42.5 Å². The molecule has 11 heteroatoms. The molecule has 0 bridgehead atoms. The van der Waals surface area contributed by atoms with Gasteiger partial charge in [0.25, 0.3) is 5.91 Å². The Balaban J connectivity index is 1.43. The number of hydrogen-bond donors (Lipinski definition) is 2. The number of rotatable bonds is 9. The molecule has 0 saturated heterocycles. The predicted molar refractivity (Wildman–Crippen MR) is 155 cm³/mol. The molecule has 2 N–H and O–H groups in total. The molecular weight excluding hydrogens is 558 g/mol. The minimum absolute atomic E-state index is 0.117. The van der Waals surface area contributed by atoms with Gasteiger partial charge in [-0.25, -0.2) is 18.7 Å². The number of ether oxygens (including phenoxy) is 2. The molecule has 0 spiro atoms. The van der Waals surface area contributed by atoms with Crippen LogP contribution in [0.1, 0.15) is 35.7 Å². The molecule has 222 valence electrons. The van der Waals surface area contributed by atoms with E-state index in [1.54, 1.807) is 13.3 Å². The molecule has 1 aliphatic carbocycles. The van der Waals surface area contributed by atoms with Crippen LogP contribution in [0.2, 0.25) is 0 Å². The molecule has 5 aromatic rings. The minimum atomic E-state index is -0.795. The Morgan fingerprint density at radius 3 is 2.77 bits per heavy atom. The van der Waals surface area contributed by atoms with Gasteiger partial charge in [-0.15, -0.1) is 0 Å². The zero-order valence-electron chi connectivity index (χ0n) is 23.4. The van der Waals surface area contributed by atoms with Gasteiger partial charge in [-0.2, -0.15) is 0 Å². The standard InChI is InChI=1S/C32H30F2N4O5/c1-41-23-17-21(36-31(40)25-15-20(33)7-8-26(25)34)16-22(18-23)38-28-14-19(32-35-10-12-43-32)6-9-27(28)37-30(38)24-4-2-3-5-29(24)42-13-11-39/h2-10,12,14-15,21-23,39H,11,13,16-18H2,1H3,(H,36,40)/t21-,22+,23+/m1/s1. The number of hydrogen-bond acceptors (Lipinski definition) is 7. The molecule has 1 aliphatic rings. The predicted octanol–water partition coefficient (Wildman–Crippen LogP) is 5.55. The molecule has 1 fully saturated rings. The second-order valence-electron chi connectivity index (χ2n) is 10.4. The van der Waals surface area contributed by atoms with E-state index in [1.165, 1.54) is 6.26 Å². The van der Waals surface area contributed by atoms with Crippen LogP contribution in [0, 0.1) is 11.6 Å². The summed E-state index contributed by atoms with van der Waals surface area (Å²) < 4.78 is 47.6.